The zero-order chi connectivity index (χ0) is 10.7. The molecule has 2 unspecified atom stereocenters. The third kappa shape index (κ3) is 2.12. The standard InChI is InChI=1S/C9H14N2O2S/c10-6-3-1-2-5(8(6)11)9(13)7(12)4-14/h1-3,7,9,12-14H,4,10-11H2. The van der Waals surface area contributed by atoms with Crippen molar-refractivity contribution in [1.29, 1.82) is 0 Å². The number of nitrogens with two attached hydrogens (primary N) is 2. The monoisotopic (exact) mass is 214 g/mol. The van der Waals surface area contributed by atoms with Gasteiger partial charge in [0, 0.05) is 11.3 Å². The number of aliphatic hydroxyl groups is 2. The molecule has 0 fully saturated rings. The quantitative estimate of drug-likeness (QED) is 0.366. The third-order valence-corrected chi connectivity index (χ3v) is 2.42. The van der Waals surface area contributed by atoms with Crippen LogP contribution in [0.1, 0.15) is 11.7 Å². The highest BCUT2D eigenvalue weighted by Crippen LogP contribution is 2.27. The minimum atomic E-state index is -1.05. The predicted molar refractivity (Wildman–Crippen MR) is 60.1 cm³/mol. The fourth-order valence-electron chi connectivity index (χ4n) is 1.17. The molecule has 0 radical (unpaired) electrons. The summed E-state index contributed by atoms with van der Waals surface area (Å²) < 4.78 is 0. The van der Waals surface area contributed by atoms with Gasteiger partial charge in [0.1, 0.15) is 6.10 Å². The summed E-state index contributed by atoms with van der Waals surface area (Å²) >= 11 is 3.88. The Morgan fingerprint density at radius 1 is 1.29 bits per heavy atom. The lowest BCUT2D eigenvalue weighted by Gasteiger charge is -2.18. The second kappa shape index (κ2) is 4.54. The van der Waals surface area contributed by atoms with E-state index in [2.05, 4.69) is 12.6 Å². The summed E-state index contributed by atoms with van der Waals surface area (Å²) in [6.07, 6.45) is -1.99. The Kier molecular flexibility index (Phi) is 3.62. The van der Waals surface area contributed by atoms with E-state index in [1.54, 1.807) is 18.2 Å². The summed E-state index contributed by atoms with van der Waals surface area (Å²) in [5, 5.41) is 19.0. The number of thiol groups is 1. The molecule has 0 bridgehead atoms. The van der Waals surface area contributed by atoms with Gasteiger partial charge in [-0.15, -0.1) is 0 Å². The van der Waals surface area contributed by atoms with Crippen molar-refractivity contribution in [3.8, 4) is 0 Å². The normalized spacial score (nSPS) is 15.1. The van der Waals surface area contributed by atoms with Crippen molar-refractivity contribution in [3.63, 3.8) is 0 Å². The molecule has 14 heavy (non-hydrogen) atoms. The van der Waals surface area contributed by atoms with E-state index in [9.17, 15) is 10.2 Å². The van der Waals surface area contributed by atoms with Gasteiger partial charge in [-0.1, -0.05) is 12.1 Å². The maximum atomic E-state index is 9.66. The summed E-state index contributed by atoms with van der Waals surface area (Å²) in [7, 11) is 0. The molecule has 0 aromatic heterocycles. The molecule has 0 heterocycles. The van der Waals surface area contributed by atoms with E-state index < -0.39 is 12.2 Å². The average molecular weight is 214 g/mol. The first-order valence-corrected chi connectivity index (χ1v) is 4.82. The number of rotatable bonds is 3. The molecule has 1 aromatic carbocycles. The Morgan fingerprint density at radius 2 is 1.93 bits per heavy atom. The molecule has 6 N–H and O–H groups in total. The van der Waals surface area contributed by atoms with E-state index in [1.165, 1.54) is 0 Å². The largest absolute Gasteiger partial charge is 0.397 e. The molecule has 0 saturated heterocycles. The van der Waals surface area contributed by atoms with Crippen molar-refractivity contribution in [2.45, 2.75) is 12.2 Å². The molecule has 5 heteroatoms. The van der Waals surface area contributed by atoms with Crippen LogP contribution in [-0.4, -0.2) is 22.1 Å². The average Bonchev–Trinajstić information content (AvgIpc) is 2.20. The van der Waals surface area contributed by atoms with E-state index in [0.29, 0.717) is 16.9 Å². The SMILES string of the molecule is Nc1cccc(C(O)C(O)CS)c1N. The van der Waals surface area contributed by atoms with E-state index in [1.807, 2.05) is 0 Å². The van der Waals surface area contributed by atoms with Gasteiger partial charge in [-0.05, 0) is 6.07 Å². The molecule has 0 aliphatic heterocycles. The van der Waals surface area contributed by atoms with E-state index >= 15 is 0 Å². The number of aliphatic hydroxyl groups excluding tert-OH is 2. The van der Waals surface area contributed by atoms with Gasteiger partial charge >= 0.3 is 0 Å². The summed E-state index contributed by atoms with van der Waals surface area (Å²) in [4.78, 5) is 0. The van der Waals surface area contributed by atoms with E-state index in [4.69, 9.17) is 11.5 Å². The summed E-state index contributed by atoms with van der Waals surface area (Å²) in [6, 6.07) is 4.94. The molecular weight excluding hydrogens is 200 g/mol. The maximum absolute atomic E-state index is 9.66. The molecule has 4 nitrogen and oxygen atoms in total. The van der Waals surface area contributed by atoms with E-state index in [-0.39, 0.29) is 5.75 Å². The number of nitrogen functional groups attached to an aromatic ring is 2. The zero-order valence-electron chi connectivity index (χ0n) is 7.59. The van der Waals surface area contributed by atoms with Crippen LogP contribution >= 0.6 is 12.6 Å². The third-order valence-electron chi connectivity index (χ3n) is 2.04. The highest BCUT2D eigenvalue weighted by molar-refractivity contribution is 7.80. The van der Waals surface area contributed by atoms with Crippen LogP contribution in [0.25, 0.3) is 0 Å². The topological polar surface area (TPSA) is 92.5 Å². The van der Waals surface area contributed by atoms with Crippen LogP contribution in [0.15, 0.2) is 18.2 Å². The second-order valence-corrected chi connectivity index (χ2v) is 3.41. The maximum Gasteiger partial charge on any atom is 0.108 e. The molecule has 0 spiro atoms. The molecule has 0 aliphatic rings. The molecule has 1 aromatic rings. The number of para-hydroxylation sites is 1. The van der Waals surface area contributed by atoms with Crippen molar-refractivity contribution in [2.24, 2.45) is 0 Å². The molecule has 0 saturated carbocycles. The molecule has 78 valence electrons. The Hall–Kier alpha value is -0.910. The summed E-state index contributed by atoms with van der Waals surface area (Å²) in [6.45, 7) is 0. The van der Waals surface area contributed by atoms with Crippen LogP contribution < -0.4 is 11.5 Å². The first-order chi connectivity index (χ1) is 6.57. The molecule has 1 rings (SSSR count). The van der Waals surface area contributed by atoms with Gasteiger partial charge < -0.3 is 21.7 Å². The highest BCUT2D eigenvalue weighted by Gasteiger charge is 2.19. The van der Waals surface area contributed by atoms with Crippen molar-refractivity contribution in [1.82, 2.24) is 0 Å². The predicted octanol–water partition coefficient (Wildman–Crippen LogP) is 0.175. The first kappa shape index (κ1) is 11.2. The van der Waals surface area contributed by atoms with Gasteiger partial charge in [0.15, 0.2) is 0 Å². The lowest BCUT2D eigenvalue weighted by atomic mass is 10.0. The lowest BCUT2D eigenvalue weighted by Crippen LogP contribution is -2.21. The minimum Gasteiger partial charge on any atom is -0.397 e. The Labute approximate surface area is 87.9 Å². The van der Waals surface area contributed by atoms with Crippen molar-refractivity contribution >= 4 is 24.0 Å². The molecular formula is C9H14N2O2S. The van der Waals surface area contributed by atoms with Crippen LogP contribution in [0.2, 0.25) is 0 Å². The Bertz CT molecular complexity index is 320. The van der Waals surface area contributed by atoms with Crippen molar-refractivity contribution in [3.05, 3.63) is 23.8 Å². The second-order valence-electron chi connectivity index (χ2n) is 3.04. The number of hydrogen-bond donors (Lipinski definition) is 5. The van der Waals surface area contributed by atoms with Crippen molar-refractivity contribution < 1.29 is 10.2 Å². The number of hydrogen-bond acceptors (Lipinski definition) is 5. The summed E-state index contributed by atoms with van der Waals surface area (Å²) in [5.41, 5.74) is 12.4. The number of anilines is 2. The van der Waals surface area contributed by atoms with Gasteiger partial charge in [-0.2, -0.15) is 12.6 Å². The van der Waals surface area contributed by atoms with Crippen LogP contribution in [-0.2, 0) is 0 Å². The van der Waals surface area contributed by atoms with Crippen LogP contribution in [0.5, 0.6) is 0 Å². The fraction of sp³-hybridized carbons (Fsp3) is 0.333. The van der Waals surface area contributed by atoms with Crippen LogP contribution in [0, 0.1) is 0 Å². The minimum absolute atomic E-state index is 0.162. The van der Waals surface area contributed by atoms with Crippen LogP contribution in [0.3, 0.4) is 0 Å². The first-order valence-electron chi connectivity index (χ1n) is 4.18. The van der Waals surface area contributed by atoms with Crippen molar-refractivity contribution in [2.75, 3.05) is 17.2 Å². The highest BCUT2D eigenvalue weighted by atomic mass is 32.1. The molecule has 0 amide bonds. The molecule has 2 atom stereocenters. The van der Waals surface area contributed by atoms with Gasteiger partial charge in [-0.25, -0.2) is 0 Å². The van der Waals surface area contributed by atoms with Gasteiger partial charge in [0.2, 0.25) is 0 Å². The molecule has 0 aliphatic carbocycles. The van der Waals surface area contributed by atoms with Gasteiger partial charge in [-0.3, -0.25) is 0 Å². The Balaban J connectivity index is 3.01. The summed E-state index contributed by atoms with van der Waals surface area (Å²) in [5.74, 6) is 0.162. The fourth-order valence-corrected chi connectivity index (χ4v) is 1.37. The van der Waals surface area contributed by atoms with Gasteiger partial charge in [0.25, 0.3) is 0 Å². The number of benzene rings is 1. The zero-order valence-corrected chi connectivity index (χ0v) is 8.48. The smallest absolute Gasteiger partial charge is 0.108 e. The van der Waals surface area contributed by atoms with Gasteiger partial charge in [0.05, 0.1) is 17.5 Å². The lowest BCUT2D eigenvalue weighted by molar-refractivity contribution is 0.0342. The Morgan fingerprint density at radius 3 is 2.50 bits per heavy atom. The van der Waals surface area contributed by atoms with E-state index in [0.717, 1.165) is 0 Å². The van der Waals surface area contributed by atoms with Crippen LogP contribution in [0.4, 0.5) is 11.4 Å².